The molecular weight excluding hydrogens is 400 g/mol. The molecule has 3 rings (SSSR count). The Morgan fingerprint density at radius 3 is 1.00 bits per heavy atom. The standard InChI is InChI=1S/C22H20F4N2O2/c1-9-5-13(6-10(2)19(9)27)29-21-15(23)17(25)22(18(26)16(21)24)30-14-7-11(3)20(28)12(4)8-14/h5-8H,27-28H2,1-4H3. The van der Waals surface area contributed by atoms with Crippen molar-refractivity contribution in [2.24, 2.45) is 0 Å². The van der Waals surface area contributed by atoms with Crippen LogP contribution in [0.5, 0.6) is 23.0 Å². The van der Waals surface area contributed by atoms with Crippen molar-refractivity contribution < 1.29 is 27.0 Å². The first-order valence-corrected chi connectivity index (χ1v) is 8.96. The van der Waals surface area contributed by atoms with Crippen molar-refractivity contribution in [3.8, 4) is 23.0 Å². The molecule has 0 bridgehead atoms. The van der Waals surface area contributed by atoms with E-state index >= 15 is 0 Å². The fraction of sp³-hybridized carbons (Fsp3) is 0.182. The highest BCUT2D eigenvalue weighted by Gasteiger charge is 2.29. The molecule has 0 fully saturated rings. The van der Waals surface area contributed by atoms with Gasteiger partial charge in [0.25, 0.3) is 0 Å². The number of aryl methyl sites for hydroxylation is 4. The van der Waals surface area contributed by atoms with Gasteiger partial charge in [-0.15, -0.1) is 0 Å². The van der Waals surface area contributed by atoms with Crippen LogP contribution in [0.2, 0.25) is 0 Å². The Kier molecular flexibility index (Phi) is 5.52. The lowest BCUT2D eigenvalue weighted by molar-refractivity contribution is 0.330. The highest BCUT2D eigenvalue weighted by molar-refractivity contribution is 5.58. The Morgan fingerprint density at radius 1 is 0.533 bits per heavy atom. The Hall–Kier alpha value is -3.42. The maximum atomic E-state index is 14.6. The summed E-state index contributed by atoms with van der Waals surface area (Å²) in [4.78, 5) is 0. The molecule has 0 atom stereocenters. The van der Waals surface area contributed by atoms with E-state index in [0.29, 0.717) is 33.6 Å². The van der Waals surface area contributed by atoms with Gasteiger partial charge in [-0.3, -0.25) is 0 Å². The van der Waals surface area contributed by atoms with E-state index in [1.165, 1.54) is 24.3 Å². The number of nitrogens with two attached hydrogens (primary N) is 2. The highest BCUT2D eigenvalue weighted by Crippen LogP contribution is 2.40. The summed E-state index contributed by atoms with van der Waals surface area (Å²) in [5.41, 5.74) is 14.9. The van der Waals surface area contributed by atoms with Crippen molar-refractivity contribution in [1.29, 1.82) is 0 Å². The third-order valence-corrected chi connectivity index (χ3v) is 4.76. The van der Waals surface area contributed by atoms with Crippen LogP contribution < -0.4 is 20.9 Å². The Morgan fingerprint density at radius 2 is 0.767 bits per heavy atom. The molecular formula is C22H20F4N2O2. The molecule has 158 valence electrons. The average molecular weight is 420 g/mol. The van der Waals surface area contributed by atoms with E-state index in [1.807, 2.05) is 0 Å². The average Bonchev–Trinajstić information content (AvgIpc) is 2.69. The summed E-state index contributed by atoms with van der Waals surface area (Å²) in [5, 5.41) is 0. The van der Waals surface area contributed by atoms with Gasteiger partial charge < -0.3 is 20.9 Å². The molecule has 0 heterocycles. The number of anilines is 2. The lowest BCUT2D eigenvalue weighted by atomic mass is 10.1. The van der Waals surface area contributed by atoms with Gasteiger partial charge in [0, 0.05) is 11.4 Å². The van der Waals surface area contributed by atoms with Crippen molar-refractivity contribution in [3.05, 3.63) is 69.8 Å². The van der Waals surface area contributed by atoms with E-state index in [4.69, 9.17) is 20.9 Å². The lowest BCUT2D eigenvalue weighted by Crippen LogP contribution is -2.05. The van der Waals surface area contributed by atoms with Crippen LogP contribution in [0.25, 0.3) is 0 Å². The van der Waals surface area contributed by atoms with Gasteiger partial charge in [0.1, 0.15) is 11.5 Å². The number of hydrogen-bond acceptors (Lipinski definition) is 4. The molecule has 0 unspecified atom stereocenters. The van der Waals surface area contributed by atoms with E-state index in [0.717, 1.165) is 0 Å². The van der Waals surface area contributed by atoms with E-state index in [9.17, 15) is 17.6 Å². The Bertz CT molecular complexity index is 997. The van der Waals surface area contributed by atoms with E-state index in [-0.39, 0.29) is 11.5 Å². The fourth-order valence-electron chi connectivity index (χ4n) is 2.99. The zero-order valence-corrected chi connectivity index (χ0v) is 16.8. The normalized spacial score (nSPS) is 10.9. The predicted molar refractivity (Wildman–Crippen MR) is 107 cm³/mol. The first kappa shape index (κ1) is 21.3. The lowest BCUT2D eigenvalue weighted by Gasteiger charge is -2.15. The molecule has 0 aliphatic heterocycles. The van der Waals surface area contributed by atoms with Crippen molar-refractivity contribution >= 4 is 11.4 Å². The molecule has 4 N–H and O–H groups in total. The zero-order valence-electron chi connectivity index (χ0n) is 16.8. The number of benzene rings is 3. The maximum Gasteiger partial charge on any atom is 0.208 e. The summed E-state index contributed by atoms with van der Waals surface area (Å²) in [6, 6.07) is 5.62. The van der Waals surface area contributed by atoms with Gasteiger partial charge in [0.05, 0.1) is 0 Å². The van der Waals surface area contributed by atoms with Crippen LogP contribution in [-0.2, 0) is 0 Å². The minimum Gasteiger partial charge on any atom is -0.451 e. The highest BCUT2D eigenvalue weighted by atomic mass is 19.2. The first-order chi connectivity index (χ1) is 14.0. The van der Waals surface area contributed by atoms with Crippen molar-refractivity contribution in [2.75, 3.05) is 11.5 Å². The number of hydrogen-bond donors (Lipinski definition) is 2. The van der Waals surface area contributed by atoms with Crippen LogP contribution >= 0.6 is 0 Å². The van der Waals surface area contributed by atoms with Gasteiger partial charge in [-0.2, -0.15) is 17.6 Å². The van der Waals surface area contributed by atoms with Gasteiger partial charge in [-0.25, -0.2) is 0 Å². The topological polar surface area (TPSA) is 70.5 Å². The third-order valence-electron chi connectivity index (χ3n) is 4.76. The third kappa shape index (κ3) is 3.72. The van der Waals surface area contributed by atoms with Crippen LogP contribution in [0.3, 0.4) is 0 Å². The largest absolute Gasteiger partial charge is 0.451 e. The van der Waals surface area contributed by atoms with Crippen molar-refractivity contribution in [1.82, 2.24) is 0 Å². The van der Waals surface area contributed by atoms with Crippen molar-refractivity contribution in [2.45, 2.75) is 27.7 Å². The summed E-state index contributed by atoms with van der Waals surface area (Å²) in [7, 11) is 0. The van der Waals surface area contributed by atoms with Crippen molar-refractivity contribution in [3.63, 3.8) is 0 Å². The fourth-order valence-corrected chi connectivity index (χ4v) is 2.99. The molecule has 30 heavy (non-hydrogen) atoms. The molecule has 4 nitrogen and oxygen atoms in total. The molecule has 0 aromatic heterocycles. The van der Waals surface area contributed by atoms with Gasteiger partial charge in [0.2, 0.25) is 34.8 Å². The molecule has 0 saturated carbocycles. The number of ether oxygens (including phenoxy) is 2. The van der Waals surface area contributed by atoms with Crippen LogP contribution in [0, 0.1) is 51.0 Å². The van der Waals surface area contributed by atoms with Gasteiger partial charge in [0.15, 0.2) is 0 Å². The predicted octanol–water partition coefficient (Wildman–Crippen LogP) is 6.23. The molecule has 0 radical (unpaired) electrons. The van der Waals surface area contributed by atoms with Gasteiger partial charge in [-0.05, 0) is 74.2 Å². The van der Waals surface area contributed by atoms with E-state index in [1.54, 1.807) is 27.7 Å². The van der Waals surface area contributed by atoms with E-state index in [2.05, 4.69) is 0 Å². The molecule has 0 aliphatic carbocycles. The van der Waals surface area contributed by atoms with Crippen LogP contribution in [0.15, 0.2) is 24.3 Å². The molecule has 0 saturated heterocycles. The summed E-state index contributed by atoms with van der Waals surface area (Å²) in [6.07, 6.45) is 0. The quantitative estimate of drug-likeness (QED) is 0.298. The minimum absolute atomic E-state index is 0.0192. The molecule has 0 aliphatic rings. The summed E-state index contributed by atoms with van der Waals surface area (Å²) >= 11 is 0. The maximum absolute atomic E-state index is 14.6. The Balaban J connectivity index is 2.04. The van der Waals surface area contributed by atoms with E-state index < -0.39 is 34.8 Å². The molecule has 3 aromatic rings. The summed E-state index contributed by atoms with van der Waals surface area (Å²) < 4.78 is 68.5. The SMILES string of the molecule is Cc1cc(Oc2c(F)c(F)c(Oc3cc(C)c(N)c(C)c3)c(F)c2F)cc(C)c1N. The van der Waals surface area contributed by atoms with Crippen LogP contribution in [-0.4, -0.2) is 0 Å². The summed E-state index contributed by atoms with van der Waals surface area (Å²) in [5.74, 6) is -9.36. The molecule has 8 heteroatoms. The van der Waals surface area contributed by atoms with Crippen LogP contribution in [0.1, 0.15) is 22.3 Å². The second-order valence-electron chi connectivity index (χ2n) is 7.06. The summed E-state index contributed by atoms with van der Waals surface area (Å²) in [6.45, 7) is 6.65. The first-order valence-electron chi connectivity index (χ1n) is 8.96. The van der Waals surface area contributed by atoms with Gasteiger partial charge in [-0.1, -0.05) is 0 Å². The second kappa shape index (κ2) is 7.78. The number of nitrogen functional groups attached to an aromatic ring is 2. The Labute approximate surface area is 171 Å². The monoisotopic (exact) mass is 420 g/mol. The molecule has 0 amide bonds. The second-order valence-corrected chi connectivity index (χ2v) is 7.06. The smallest absolute Gasteiger partial charge is 0.208 e. The number of halogens is 4. The molecule has 0 spiro atoms. The minimum atomic E-state index is -1.72. The zero-order chi connectivity index (χ0) is 22.3. The number of rotatable bonds is 4. The van der Waals surface area contributed by atoms with Crippen LogP contribution in [0.4, 0.5) is 28.9 Å². The van der Waals surface area contributed by atoms with Gasteiger partial charge >= 0.3 is 0 Å². The molecule has 3 aromatic carbocycles.